The highest BCUT2D eigenvalue weighted by atomic mass is 35.5. The molecule has 0 bridgehead atoms. The van der Waals surface area contributed by atoms with E-state index in [0.29, 0.717) is 0 Å². The minimum Gasteiger partial charge on any atom is -0.310 e. The van der Waals surface area contributed by atoms with E-state index >= 15 is 0 Å². The molecule has 0 unspecified atom stereocenters. The van der Waals surface area contributed by atoms with Crippen molar-refractivity contribution in [2.45, 2.75) is 0 Å². The normalized spacial score (nSPS) is 11.4. The summed E-state index contributed by atoms with van der Waals surface area (Å²) in [5.74, 6) is 0. The first-order valence-corrected chi connectivity index (χ1v) is 12.8. The first kappa shape index (κ1) is 21.7. The lowest BCUT2D eigenvalue weighted by molar-refractivity contribution is 1.18. The van der Waals surface area contributed by atoms with Gasteiger partial charge in [-0.25, -0.2) is 0 Å². The van der Waals surface area contributed by atoms with Gasteiger partial charge in [0.05, 0.1) is 11.0 Å². The number of aromatic nitrogens is 1. The third kappa shape index (κ3) is 3.66. The van der Waals surface area contributed by atoms with Crippen molar-refractivity contribution >= 4 is 61.2 Å². The number of benzene rings is 6. The molecule has 0 N–H and O–H groups in total. The van der Waals surface area contributed by atoms with Crippen LogP contribution in [-0.2, 0) is 0 Å². The van der Waals surface area contributed by atoms with Crippen LogP contribution in [0.2, 0.25) is 5.02 Å². The standard InChI is InChI=1S/C34H23ClN2/c35-25-16-18-28(19-17-25)36(26-10-3-1-4-11-26)29-20-21-31-33(23-29)37(27-12-5-2-6-13-27)32-22-15-24-9-7-8-14-30(24)34(31)32/h1-23H. The zero-order chi connectivity index (χ0) is 24.8. The average Bonchev–Trinajstić information content (AvgIpc) is 3.29. The molecule has 0 amide bonds. The second kappa shape index (κ2) is 8.85. The van der Waals surface area contributed by atoms with Gasteiger partial charge in [0.2, 0.25) is 0 Å². The molecule has 0 aliphatic rings. The van der Waals surface area contributed by atoms with E-state index in [4.69, 9.17) is 11.6 Å². The molecule has 1 aromatic heterocycles. The van der Waals surface area contributed by atoms with E-state index in [1.165, 1.54) is 32.6 Å². The van der Waals surface area contributed by atoms with Crippen LogP contribution in [0.25, 0.3) is 38.3 Å². The van der Waals surface area contributed by atoms with Gasteiger partial charge >= 0.3 is 0 Å². The molecule has 0 spiro atoms. The Bertz CT molecular complexity index is 1870. The zero-order valence-corrected chi connectivity index (χ0v) is 20.8. The van der Waals surface area contributed by atoms with Gasteiger partial charge in [-0.05, 0) is 77.5 Å². The largest absolute Gasteiger partial charge is 0.310 e. The van der Waals surface area contributed by atoms with Gasteiger partial charge in [0.25, 0.3) is 0 Å². The summed E-state index contributed by atoms with van der Waals surface area (Å²) in [6, 6.07) is 49.0. The van der Waals surface area contributed by atoms with Crippen LogP contribution in [0.15, 0.2) is 140 Å². The van der Waals surface area contributed by atoms with E-state index in [2.05, 4.69) is 131 Å². The summed E-state index contributed by atoms with van der Waals surface area (Å²) in [4.78, 5) is 2.28. The van der Waals surface area contributed by atoms with Gasteiger partial charge < -0.3 is 9.47 Å². The molecule has 0 radical (unpaired) electrons. The smallest absolute Gasteiger partial charge is 0.0562 e. The molecule has 0 fully saturated rings. The lowest BCUT2D eigenvalue weighted by Crippen LogP contribution is -2.09. The van der Waals surface area contributed by atoms with Crippen LogP contribution < -0.4 is 4.90 Å². The Morgan fingerprint density at radius 3 is 1.92 bits per heavy atom. The van der Waals surface area contributed by atoms with Crippen molar-refractivity contribution in [2.24, 2.45) is 0 Å². The number of anilines is 3. The lowest BCUT2D eigenvalue weighted by atomic mass is 10.0. The Labute approximate surface area is 220 Å². The molecule has 0 saturated heterocycles. The summed E-state index contributed by atoms with van der Waals surface area (Å²) in [6.07, 6.45) is 0. The molecule has 7 aromatic rings. The average molecular weight is 495 g/mol. The number of rotatable bonds is 4. The van der Waals surface area contributed by atoms with Gasteiger partial charge in [0.15, 0.2) is 0 Å². The van der Waals surface area contributed by atoms with Crippen LogP contribution in [0.4, 0.5) is 17.1 Å². The maximum Gasteiger partial charge on any atom is 0.0562 e. The minimum absolute atomic E-state index is 0.725. The minimum atomic E-state index is 0.725. The molecule has 0 atom stereocenters. The molecule has 37 heavy (non-hydrogen) atoms. The van der Waals surface area contributed by atoms with Crippen LogP contribution in [-0.4, -0.2) is 4.57 Å². The summed E-state index contributed by atoms with van der Waals surface area (Å²) in [6.45, 7) is 0. The number of fused-ring (bicyclic) bond motifs is 5. The third-order valence-corrected chi connectivity index (χ3v) is 7.26. The molecule has 2 nitrogen and oxygen atoms in total. The van der Waals surface area contributed by atoms with Gasteiger partial charge in [-0.3, -0.25) is 0 Å². The van der Waals surface area contributed by atoms with E-state index in [0.717, 1.165) is 27.8 Å². The Kier molecular flexibility index (Phi) is 5.20. The second-order valence-corrected chi connectivity index (χ2v) is 9.64. The molecule has 6 aromatic carbocycles. The van der Waals surface area contributed by atoms with Gasteiger partial charge in [-0.15, -0.1) is 0 Å². The molecule has 176 valence electrons. The van der Waals surface area contributed by atoms with E-state index in [-0.39, 0.29) is 0 Å². The molecule has 1 heterocycles. The third-order valence-electron chi connectivity index (χ3n) is 7.01. The molecule has 0 saturated carbocycles. The Morgan fingerprint density at radius 2 is 1.14 bits per heavy atom. The summed E-state index contributed by atoms with van der Waals surface area (Å²) in [7, 11) is 0. The topological polar surface area (TPSA) is 8.17 Å². The number of hydrogen-bond donors (Lipinski definition) is 0. The number of halogens is 1. The number of hydrogen-bond acceptors (Lipinski definition) is 1. The first-order valence-electron chi connectivity index (χ1n) is 12.4. The van der Waals surface area contributed by atoms with Crippen molar-refractivity contribution in [1.82, 2.24) is 4.57 Å². The van der Waals surface area contributed by atoms with Crippen molar-refractivity contribution in [3.05, 3.63) is 145 Å². The Balaban J connectivity index is 1.56. The fourth-order valence-electron chi connectivity index (χ4n) is 5.38. The van der Waals surface area contributed by atoms with Gasteiger partial charge in [-0.2, -0.15) is 0 Å². The van der Waals surface area contributed by atoms with E-state index in [9.17, 15) is 0 Å². The highest BCUT2D eigenvalue weighted by Gasteiger charge is 2.18. The fourth-order valence-corrected chi connectivity index (χ4v) is 5.51. The summed E-state index contributed by atoms with van der Waals surface area (Å²) in [5, 5.41) is 5.76. The Morgan fingerprint density at radius 1 is 0.486 bits per heavy atom. The maximum absolute atomic E-state index is 6.25. The zero-order valence-electron chi connectivity index (χ0n) is 20.1. The summed E-state index contributed by atoms with van der Waals surface area (Å²) in [5.41, 5.74) is 6.76. The van der Waals surface area contributed by atoms with Crippen molar-refractivity contribution in [1.29, 1.82) is 0 Å². The predicted octanol–water partition coefficient (Wildman–Crippen LogP) is 10.1. The molecular formula is C34H23ClN2. The fraction of sp³-hybridized carbons (Fsp3) is 0. The number of para-hydroxylation sites is 2. The van der Waals surface area contributed by atoms with Crippen LogP contribution >= 0.6 is 11.6 Å². The van der Waals surface area contributed by atoms with Gasteiger partial charge in [0, 0.05) is 38.5 Å². The van der Waals surface area contributed by atoms with Crippen LogP contribution in [0.1, 0.15) is 0 Å². The van der Waals surface area contributed by atoms with Crippen molar-refractivity contribution in [2.75, 3.05) is 4.90 Å². The van der Waals surface area contributed by atoms with Crippen LogP contribution in [0.5, 0.6) is 0 Å². The van der Waals surface area contributed by atoms with Gasteiger partial charge in [-0.1, -0.05) is 84.4 Å². The van der Waals surface area contributed by atoms with E-state index in [1.807, 2.05) is 18.2 Å². The lowest BCUT2D eigenvalue weighted by Gasteiger charge is -2.25. The molecule has 3 heteroatoms. The molecule has 0 aliphatic carbocycles. The van der Waals surface area contributed by atoms with Crippen molar-refractivity contribution in [3.63, 3.8) is 0 Å². The second-order valence-electron chi connectivity index (χ2n) is 9.20. The van der Waals surface area contributed by atoms with E-state index in [1.54, 1.807) is 0 Å². The van der Waals surface area contributed by atoms with Gasteiger partial charge in [0.1, 0.15) is 0 Å². The Hall–Kier alpha value is -4.53. The number of nitrogens with zero attached hydrogens (tertiary/aromatic N) is 2. The van der Waals surface area contributed by atoms with Crippen LogP contribution in [0.3, 0.4) is 0 Å². The van der Waals surface area contributed by atoms with Crippen LogP contribution in [0, 0.1) is 0 Å². The molecular weight excluding hydrogens is 472 g/mol. The monoisotopic (exact) mass is 494 g/mol. The molecule has 7 rings (SSSR count). The maximum atomic E-state index is 6.25. The predicted molar refractivity (Wildman–Crippen MR) is 158 cm³/mol. The SMILES string of the molecule is Clc1ccc(N(c2ccccc2)c2ccc3c4c5ccccc5ccc4n(-c4ccccc4)c3c2)cc1. The van der Waals surface area contributed by atoms with Crippen molar-refractivity contribution < 1.29 is 0 Å². The molecule has 0 aliphatic heterocycles. The highest BCUT2D eigenvalue weighted by molar-refractivity contribution is 6.30. The summed E-state index contributed by atoms with van der Waals surface area (Å²) >= 11 is 6.25. The quantitative estimate of drug-likeness (QED) is 0.236. The summed E-state index contributed by atoms with van der Waals surface area (Å²) < 4.78 is 2.38. The van der Waals surface area contributed by atoms with Crippen molar-refractivity contribution in [3.8, 4) is 5.69 Å². The first-order chi connectivity index (χ1) is 18.3. The van der Waals surface area contributed by atoms with E-state index < -0.39 is 0 Å². The highest BCUT2D eigenvalue weighted by Crippen LogP contribution is 2.41.